The lowest BCUT2D eigenvalue weighted by molar-refractivity contribution is -0.113. The minimum atomic E-state index is -0.210. The molecule has 27 heavy (non-hydrogen) atoms. The number of aromatic nitrogens is 2. The van der Waals surface area contributed by atoms with E-state index in [9.17, 15) is 10.1 Å². The van der Waals surface area contributed by atoms with Gasteiger partial charge in [0.15, 0.2) is 0 Å². The summed E-state index contributed by atoms with van der Waals surface area (Å²) in [6, 6.07) is 18.3. The van der Waals surface area contributed by atoms with Gasteiger partial charge in [0.05, 0.1) is 35.5 Å². The molecule has 3 rings (SSSR count). The van der Waals surface area contributed by atoms with Crippen LogP contribution in [0.4, 0.5) is 5.69 Å². The van der Waals surface area contributed by atoms with Crippen LogP contribution in [0.15, 0.2) is 65.8 Å². The van der Waals surface area contributed by atoms with Crippen LogP contribution in [-0.4, -0.2) is 28.7 Å². The third-order valence-corrected chi connectivity index (χ3v) is 4.62. The summed E-state index contributed by atoms with van der Waals surface area (Å²) < 4.78 is 5.23. The lowest BCUT2D eigenvalue weighted by atomic mass is 10.2. The minimum absolute atomic E-state index is 0.116. The van der Waals surface area contributed by atoms with Gasteiger partial charge in [-0.3, -0.25) is 9.78 Å². The van der Waals surface area contributed by atoms with Crippen molar-refractivity contribution in [2.75, 3.05) is 18.2 Å². The maximum absolute atomic E-state index is 12.3. The highest BCUT2D eigenvalue weighted by molar-refractivity contribution is 8.00. The average molecular weight is 376 g/mol. The van der Waals surface area contributed by atoms with Crippen LogP contribution in [0.5, 0.6) is 5.75 Å². The quantitative estimate of drug-likeness (QED) is 0.659. The molecular weight excluding hydrogens is 360 g/mol. The first kappa shape index (κ1) is 18.4. The maximum atomic E-state index is 12.3. The number of hydrogen-bond acceptors (Lipinski definition) is 6. The van der Waals surface area contributed by atoms with Crippen molar-refractivity contribution in [1.82, 2.24) is 9.97 Å². The van der Waals surface area contributed by atoms with E-state index < -0.39 is 0 Å². The predicted molar refractivity (Wildman–Crippen MR) is 105 cm³/mol. The number of amides is 1. The topological polar surface area (TPSA) is 87.9 Å². The zero-order chi connectivity index (χ0) is 19.1. The Morgan fingerprint density at radius 3 is 2.70 bits per heavy atom. The second-order valence-electron chi connectivity index (χ2n) is 5.41. The third kappa shape index (κ3) is 4.63. The fourth-order valence-corrected chi connectivity index (χ4v) is 3.13. The van der Waals surface area contributed by atoms with Gasteiger partial charge >= 0.3 is 0 Å². The van der Waals surface area contributed by atoms with E-state index in [1.54, 1.807) is 37.6 Å². The number of nitrogens with zero attached hydrogens (tertiary/aromatic N) is 3. The van der Waals surface area contributed by atoms with Crippen molar-refractivity contribution >= 4 is 23.4 Å². The van der Waals surface area contributed by atoms with Crippen LogP contribution in [-0.2, 0) is 4.79 Å². The lowest BCUT2D eigenvalue weighted by Crippen LogP contribution is -2.15. The Morgan fingerprint density at radius 1 is 1.15 bits per heavy atom. The van der Waals surface area contributed by atoms with E-state index >= 15 is 0 Å². The number of methoxy groups -OCH3 is 1. The normalized spacial score (nSPS) is 10.1. The van der Waals surface area contributed by atoms with Crippen LogP contribution in [0.2, 0.25) is 0 Å². The summed E-state index contributed by atoms with van der Waals surface area (Å²) >= 11 is 1.21. The van der Waals surface area contributed by atoms with Gasteiger partial charge in [-0.25, -0.2) is 4.98 Å². The molecule has 0 aliphatic rings. The van der Waals surface area contributed by atoms with Gasteiger partial charge in [-0.2, -0.15) is 5.26 Å². The molecule has 0 aliphatic heterocycles. The van der Waals surface area contributed by atoms with E-state index in [0.29, 0.717) is 33.4 Å². The standard InChI is InChI=1S/C20H16N4O2S/c1-26-18-8-3-2-7-17(18)23-19(25)13-27-20-14(12-21)9-10-16(24-20)15-6-4-5-11-22-15/h2-11H,13H2,1H3,(H,23,25). The van der Waals surface area contributed by atoms with Crippen molar-refractivity contribution in [3.8, 4) is 23.2 Å². The molecule has 0 radical (unpaired) electrons. The molecule has 3 aromatic rings. The molecule has 1 aromatic carbocycles. The van der Waals surface area contributed by atoms with Crippen molar-refractivity contribution in [3.05, 3.63) is 66.4 Å². The summed E-state index contributed by atoms with van der Waals surface area (Å²) in [6.45, 7) is 0. The molecule has 0 saturated heterocycles. The summed E-state index contributed by atoms with van der Waals surface area (Å²) in [5.41, 5.74) is 2.38. The Morgan fingerprint density at radius 2 is 1.96 bits per heavy atom. The fourth-order valence-electron chi connectivity index (χ4n) is 2.36. The Labute approximate surface area is 161 Å². The molecule has 7 heteroatoms. The molecule has 1 N–H and O–H groups in total. The molecule has 134 valence electrons. The molecule has 2 heterocycles. The molecule has 0 atom stereocenters. The van der Waals surface area contributed by atoms with Gasteiger partial charge in [-0.15, -0.1) is 0 Å². The second kappa shape index (κ2) is 8.83. The van der Waals surface area contributed by atoms with Gasteiger partial charge in [-0.1, -0.05) is 30.0 Å². The fraction of sp³-hybridized carbons (Fsp3) is 0.100. The number of hydrogen-bond donors (Lipinski definition) is 1. The van der Waals surface area contributed by atoms with E-state index in [4.69, 9.17) is 4.74 Å². The van der Waals surface area contributed by atoms with Gasteiger partial charge in [0.1, 0.15) is 16.8 Å². The molecule has 6 nitrogen and oxygen atoms in total. The number of nitrogens with one attached hydrogen (secondary N) is 1. The molecule has 2 aromatic heterocycles. The first-order chi connectivity index (χ1) is 13.2. The van der Waals surface area contributed by atoms with Crippen molar-refractivity contribution in [3.63, 3.8) is 0 Å². The summed E-state index contributed by atoms with van der Waals surface area (Å²) in [4.78, 5) is 21.1. The summed E-state index contributed by atoms with van der Waals surface area (Å²) in [5.74, 6) is 0.494. The zero-order valence-corrected chi connectivity index (χ0v) is 15.4. The predicted octanol–water partition coefficient (Wildman–Crippen LogP) is 3.75. The number of carbonyl (C=O) groups excluding carboxylic acids is 1. The summed E-state index contributed by atoms with van der Waals surface area (Å²) in [6.07, 6.45) is 1.68. The largest absolute Gasteiger partial charge is 0.495 e. The Hall–Kier alpha value is -3.37. The highest BCUT2D eigenvalue weighted by atomic mass is 32.2. The molecule has 0 fully saturated rings. The maximum Gasteiger partial charge on any atom is 0.234 e. The zero-order valence-electron chi connectivity index (χ0n) is 14.5. The van der Waals surface area contributed by atoms with Crippen molar-refractivity contribution in [1.29, 1.82) is 5.26 Å². The van der Waals surface area contributed by atoms with Gasteiger partial charge in [-0.05, 0) is 36.4 Å². The number of rotatable bonds is 6. The summed E-state index contributed by atoms with van der Waals surface area (Å²) in [5, 5.41) is 12.6. The number of para-hydroxylation sites is 2. The van der Waals surface area contributed by atoms with Crippen molar-refractivity contribution < 1.29 is 9.53 Å². The van der Waals surface area contributed by atoms with Crippen LogP contribution in [0.3, 0.4) is 0 Å². The van der Waals surface area contributed by atoms with Crippen molar-refractivity contribution in [2.45, 2.75) is 5.03 Å². The van der Waals surface area contributed by atoms with E-state index in [1.807, 2.05) is 30.3 Å². The van der Waals surface area contributed by atoms with Crippen LogP contribution in [0.25, 0.3) is 11.4 Å². The number of nitriles is 1. The monoisotopic (exact) mass is 376 g/mol. The number of benzene rings is 1. The Bertz CT molecular complexity index is 987. The second-order valence-corrected chi connectivity index (χ2v) is 6.38. The highest BCUT2D eigenvalue weighted by Gasteiger charge is 2.12. The average Bonchev–Trinajstić information content (AvgIpc) is 2.73. The SMILES string of the molecule is COc1ccccc1NC(=O)CSc1nc(-c2ccccn2)ccc1C#N. The molecule has 0 aliphatic carbocycles. The summed E-state index contributed by atoms with van der Waals surface area (Å²) in [7, 11) is 1.55. The van der Waals surface area contributed by atoms with Crippen LogP contribution in [0, 0.1) is 11.3 Å². The smallest absolute Gasteiger partial charge is 0.234 e. The van der Waals surface area contributed by atoms with Gasteiger partial charge in [0.2, 0.25) is 5.91 Å². The van der Waals surface area contributed by atoms with E-state index in [2.05, 4.69) is 21.4 Å². The Balaban J connectivity index is 1.73. The minimum Gasteiger partial charge on any atom is -0.495 e. The first-order valence-corrected chi connectivity index (χ1v) is 9.08. The van der Waals surface area contributed by atoms with Crippen LogP contribution >= 0.6 is 11.8 Å². The molecule has 0 unspecified atom stereocenters. The number of ether oxygens (including phenoxy) is 1. The molecular formula is C20H16N4O2S. The van der Waals surface area contributed by atoms with E-state index in [-0.39, 0.29) is 11.7 Å². The van der Waals surface area contributed by atoms with Gasteiger partial charge in [0.25, 0.3) is 0 Å². The van der Waals surface area contributed by atoms with E-state index in [1.165, 1.54) is 11.8 Å². The molecule has 0 saturated carbocycles. The first-order valence-electron chi connectivity index (χ1n) is 8.09. The van der Waals surface area contributed by atoms with Gasteiger partial charge < -0.3 is 10.1 Å². The van der Waals surface area contributed by atoms with Crippen molar-refractivity contribution in [2.24, 2.45) is 0 Å². The number of anilines is 1. The third-order valence-electron chi connectivity index (χ3n) is 3.63. The highest BCUT2D eigenvalue weighted by Crippen LogP contribution is 2.26. The van der Waals surface area contributed by atoms with Crippen LogP contribution < -0.4 is 10.1 Å². The Kier molecular flexibility index (Phi) is 6.02. The lowest BCUT2D eigenvalue weighted by Gasteiger charge is -2.10. The van der Waals surface area contributed by atoms with Crippen LogP contribution in [0.1, 0.15) is 5.56 Å². The molecule has 0 bridgehead atoms. The number of carbonyl (C=O) groups is 1. The molecule has 1 amide bonds. The van der Waals surface area contributed by atoms with Gasteiger partial charge in [0, 0.05) is 6.20 Å². The molecule has 0 spiro atoms. The number of pyridine rings is 2. The van der Waals surface area contributed by atoms with E-state index in [0.717, 1.165) is 0 Å². The number of thioether (sulfide) groups is 1.